The van der Waals surface area contributed by atoms with Crippen LogP contribution in [0, 0.1) is 5.92 Å². The molecule has 0 radical (unpaired) electrons. The van der Waals surface area contributed by atoms with Gasteiger partial charge in [-0.1, -0.05) is 6.92 Å². The maximum atomic E-state index is 11.5. The third-order valence-corrected chi connectivity index (χ3v) is 6.47. The molecule has 0 aliphatic carbocycles. The van der Waals surface area contributed by atoms with Crippen LogP contribution in [0.5, 0.6) is 0 Å². The van der Waals surface area contributed by atoms with Crippen molar-refractivity contribution in [2.45, 2.75) is 91.2 Å². The fraction of sp³-hybridized carbons (Fsp3) is 0.950. The summed E-state index contributed by atoms with van der Waals surface area (Å²) in [6.45, 7) is 22.0. The number of ether oxygens (including phenoxy) is 1. The van der Waals surface area contributed by atoms with Gasteiger partial charge in [-0.3, -0.25) is 4.90 Å². The highest BCUT2D eigenvalue weighted by Gasteiger charge is 2.25. The second kappa shape index (κ2) is 12.4. The lowest BCUT2D eigenvalue weighted by atomic mass is 9.99. The molecular formula is C20H45NO5Si2. The molecule has 4 unspecified atom stereocenters. The third-order valence-electron chi connectivity index (χ3n) is 4.26. The van der Waals surface area contributed by atoms with Crippen LogP contribution in [0.2, 0.25) is 39.3 Å². The van der Waals surface area contributed by atoms with Crippen LogP contribution in [-0.2, 0) is 18.4 Å². The maximum Gasteiger partial charge on any atom is 0.334 e. The Morgan fingerprint density at radius 1 is 0.929 bits per heavy atom. The lowest BCUT2D eigenvalue weighted by Crippen LogP contribution is -2.44. The van der Waals surface area contributed by atoms with Gasteiger partial charge < -0.3 is 18.7 Å². The summed E-state index contributed by atoms with van der Waals surface area (Å²) in [6, 6.07) is 0. The molecule has 0 aromatic heterocycles. The second-order valence-corrected chi connectivity index (χ2v) is 18.8. The zero-order chi connectivity index (χ0) is 22.1. The number of aliphatic hydroxyl groups excluding tert-OH is 1. The molecule has 0 rings (SSSR count). The fourth-order valence-corrected chi connectivity index (χ4v) is 5.98. The summed E-state index contributed by atoms with van der Waals surface area (Å²) < 4.78 is 17.1. The van der Waals surface area contributed by atoms with Gasteiger partial charge in [0.05, 0.1) is 19.3 Å². The fourth-order valence-electron chi connectivity index (χ4n) is 3.41. The molecule has 0 heterocycles. The van der Waals surface area contributed by atoms with Crippen molar-refractivity contribution >= 4 is 22.6 Å². The van der Waals surface area contributed by atoms with Crippen LogP contribution in [0.25, 0.3) is 0 Å². The quantitative estimate of drug-likeness (QED) is 0.331. The molecule has 0 aromatic rings. The minimum absolute atomic E-state index is 0.124. The van der Waals surface area contributed by atoms with Crippen molar-refractivity contribution in [1.82, 2.24) is 4.90 Å². The van der Waals surface area contributed by atoms with Gasteiger partial charge in [0.1, 0.15) is 0 Å². The SMILES string of the molecule is COC(=O)C(O)C(C)CCCN(CC(C)O[Si](C)(C)C)CC(C)O[Si](C)(C)C. The molecule has 0 spiro atoms. The predicted octanol–water partition coefficient (Wildman–Crippen LogP) is 3.72. The highest BCUT2D eigenvalue weighted by Crippen LogP contribution is 2.15. The second-order valence-electron chi connectivity index (χ2n) is 9.93. The first kappa shape index (κ1) is 27.7. The van der Waals surface area contributed by atoms with E-state index in [0.717, 1.165) is 32.5 Å². The van der Waals surface area contributed by atoms with Crippen molar-refractivity contribution in [3.63, 3.8) is 0 Å². The Bertz CT molecular complexity index is 427. The molecule has 0 bridgehead atoms. The molecule has 4 atom stereocenters. The smallest absolute Gasteiger partial charge is 0.334 e. The Kier molecular flexibility index (Phi) is 12.3. The van der Waals surface area contributed by atoms with Crippen molar-refractivity contribution in [3.8, 4) is 0 Å². The number of hydrogen-bond donors (Lipinski definition) is 1. The van der Waals surface area contributed by atoms with E-state index in [0.29, 0.717) is 0 Å². The molecule has 168 valence electrons. The molecule has 0 aliphatic rings. The molecule has 28 heavy (non-hydrogen) atoms. The Hall–Kier alpha value is -0.256. The number of rotatable bonds is 14. The molecule has 6 nitrogen and oxygen atoms in total. The van der Waals surface area contributed by atoms with E-state index in [1.54, 1.807) is 0 Å². The summed E-state index contributed by atoms with van der Waals surface area (Å²) in [6.07, 6.45) is 0.947. The van der Waals surface area contributed by atoms with Gasteiger partial charge in [0.2, 0.25) is 0 Å². The third kappa shape index (κ3) is 13.8. The maximum absolute atomic E-state index is 11.5. The van der Waals surface area contributed by atoms with Gasteiger partial charge in [0.25, 0.3) is 0 Å². The predicted molar refractivity (Wildman–Crippen MR) is 121 cm³/mol. The molecular weight excluding hydrogens is 390 g/mol. The first-order valence-corrected chi connectivity index (χ1v) is 17.3. The van der Waals surface area contributed by atoms with Gasteiger partial charge in [0, 0.05) is 13.1 Å². The zero-order valence-electron chi connectivity index (χ0n) is 19.9. The van der Waals surface area contributed by atoms with E-state index < -0.39 is 28.7 Å². The lowest BCUT2D eigenvalue weighted by molar-refractivity contribution is -0.153. The van der Waals surface area contributed by atoms with Crippen LogP contribution in [0.1, 0.15) is 33.6 Å². The van der Waals surface area contributed by atoms with Crippen molar-refractivity contribution < 1.29 is 23.5 Å². The summed E-state index contributed by atoms with van der Waals surface area (Å²) in [7, 11) is -1.86. The normalized spacial score (nSPS) is 17.3. The Morgan fingerprint density at radius 2 is 1.36 bits per heavy atom. The van der Waals surface area contributed by atoms with Crippen LogP contribution in [0.15, 0.2) is 0 Å². The molecule has 0 saturated heterocycles. The van der Waals surface area contributed by atoms with Crippen LogP contribution in [0.4, 0.5) is 0 Å². The lowest BCUT2D eigenvalue weighted by Gasteiger charge is -2.33. The molecule has 0 aliphatic heterocycles. The summed E-state index contributed by atoms with van der Waals surface area (Å²) >= 11 is 0. The van der Waals surface area contributed by atoms with E-state index in [4.69, 9.17) is 8.85 Å². The Balaban J connectivity index is 4.77. The number of hydrogen-bond acceptors (Lipinski definition) is 6. The standard InChI is InChI=1S/C20H45NO5Si2/c1-16(19(22)20(23)24-4)12-11-13-21(14-17(2)25-27(5,6)7)15-18(3)26-28(8,9)10/h16-19,22H,11-15H2,1-10H3. The first-order chi connectivity index (χ1) is 12.6. The van der Waals surface area contributed by atoms with E-state index in [1.165, 1.54) is 7.11 Å². The summed E-state index contributed by atoms with van der Waals surface area (Å²) in [5, 5.41) is 9.98. The van der Waals surface area contributed by atoms with Crippen molar-refractivity contribution in [1.29, 1.82) is 0 Å². The molecule has 1 N–H and O–H groups in total. The number of methoxy groups -OCH3 is 1. The Labute approximate surface area is 175 Å². The van der Waals surface area contributed by atoms with Crippen LogP contribution in [0.3, 0.4) is 0 Å². The molecule has 0 amide bonds. The molecule has 0 fully saturated rings. The van der Waals surface area contributed by atoms with E-state index in [2.05, 4.69) is 62.8 Å². The van der Waals surface area contributed by atoms with Gasteiger partial charge >= 0.3 is 5.97 Å². The summed E-state index contributed by atoms with van der Waals surface area (Å²) in [4.78, 5) is 13.9. The van der Waals surface area contributed by atoms with E-state index >= 15 is 0 Å². The molecule has 0 saturated carbocycles. The van der Waals surface area contributed by atoms with Gasteiger partial charge in [0.15, 0.2) is 22.7 Å². The van der Waals surface area contributed by atoms with Crippen LogP contribution >= 0.6 is 0 Å². The van der Waals surface area contributed by atoms with Crippen LogP contribution in [-0.4, -0.2) is 77.7 Å². The summed E-state index contributed by atoms with van der Waals surface area (Å²) in [5.74, 6) is -0.681. The minimum Gasteiger partial charge on any atom is -0.467 e. The van der Waals surface area contributed by atoms with Crippen molar-refractivity contribution in [3.05, 3.63) is 0 Å². The van der Waals surface area contributed by atoms with E-state index in [1.807, 2.05) is 6.92 Å². The highest BCUT2D eigenvalue weighted by molar-refractivity contribution is 6.70. The monoisotopic (exact) mass is 435 g/mol. The van der Waals surface area contributed by atoms with Gasteiger partial charge in [-0.2, -0.15) is 0 Å². The van der Waals surface area contributed by atoms with Crippen LogP contribution < -0.4 is 0 Å². The van der Waals surface area contributed by atoms with Gasteiger partial charge in [-0.05, 0) is 78.4 Å². The van der Waals surface area contributed by atoms with E-state index in [-0.39, 0.29) is 18.1 Å². The number of aliphatic hydroxyl groups is 1. The van der Waals surface area contributed by atoms with Crippen molar-refractivity contribution in [2.24, 2.45) is 5.92 Å². The topological polar surface area (TPSA) is 68.2 Å². The van der Waals surface area contributed by atoms with Gasteiger partial charge in [-0.25, -0.2) is 4.79 Å². The van der Waals surface area contributed by atoms with E-state index in [9.17, 15) is 9.90 Å². The number of carbonyl (C=O) groups excluding carboxylic acids is 1. The Morgan fingerprint density at radius 3 is 1.71 bits per heavy atom. The molecule has 0 aromatic carbocycles. The number of nitrogens with zero attached hydrogens (tertiary/aromatic N) is 1. The number of carbonyl (C=O) groups is 1. The average Bonchev–Trinajstić information content (AvgIpc) is 2.49. The largest absolute Gasteiger partial charge is 0.467 e. The first-order valence-electron chi connectivity index (χ1n) is 10.5. The highest BCUT2D eigenvalue weighted by atomic mass is 28.4. The zero-order valence-corrected chi connectivity index (χ0v) is 21.9. The number of esters is 1. The molecule has 8 heteroatoms. The average molecular weight is 436 g/mol. The summed E-state index contributed by atoms with van der Waals surface area (Å²) in [5.41, 5.74) is 0. The minimum atomic E-state index is -1.58. The van der Waals surface area contributed by atoms with Crippen molar-refractivity contribution in [2.75, 3.05) is 26.7 Å². The van der Waals surface area contributed by atoms with Gasteiger partial charge in [-0.15, -0.1) is 0 Å².